The number of carboxylic acid groups (broad SMARTS) is 1. The summed E-state index contributed by atoms with van der Waals surface area (Å²) in [6.07, 6.45) is 0.664. The number of hydrogen-bond donors (Lipinski definition) is 2. The van der Waals surface area contributed by atoms with Crippen LogP contribution in [0.2, 0.25) is 0 Å². The van der Waals surface area contributed by atoms with Gasteiger partial charge < -0.3 is 10.4 Å². The molecule has 2 heterocycles. The smallest absolute Gasteiger partial charge is 0.339 e. The molecule has 2 aromatic rings. The van der Waals surface area contributed by atoms with E-state index in [0.29, 0.717) is 18.0 Å². The summed E-state index contributed by atoms with van der Waals surface area (Å²) in [4.78, 5) is 26.4. The van der Waals surface area contributed by atoms with Crippen LogP contribution in [0.4, 0.5) is 5.00 Å². The Morgan fingerprint density at radius 2 is 2.04 bits per heavy atom. The Hall–Kier alpha value is -1.89. The van der Waals surface area contributed by atoms with Gasteiger partial charge in [-0.15, -0.1) is 22.9 Å². The van der Waals surface area contributed by atoms with Gasteiger partial charge in [0.05, 0.1) is 5.56 Å². The van der Waals surface area contributed by atoms with Gasteiger partial charge in [-0.05, 0) is 17.5 Å². The van der Waals surface area contributed by atoms with Crippen LogP contribution in [0.1, 0.15) is 26.4 Å². The highest BCUT2D eigenvalue weighted by Gasteiger charge is 2.28. The van der Waals surface area contributed by atoms with E-state index < -0.39 is 5.97 Å². The van der Waals surface area contributed by atoms with Crippen LogP contribution in [-0.4, -0.2) is 34.3 Å². The average molecular weight is 365 g/mol. The number of carbonyl (C=O) groups is 2. The number of hydrogen-bond acceptors (Lipinski definition) is 4. The number of amides is 1. The minimum atomic E-state index is -1.01. The Morgan fingerprint density at radius 3 is 2.71 bits per heavy atom. The van der Waals surface area contributed by atoms with Crippen molar-refractivity contribution in [1.82, 2.24) is 4.90 Å². The predicted molar refractivity (Wildman–Crippen MR) is 94.9 cm³/mol. The van der Waals surface area contributed by atoms with Gasteiger partial charge in [0, 0.05) is 24.5 Å². The van der Waals surface area contributed by atoms with E-state index in [1.807, 2.05) is 18.2 Å². The highest BCUT2D eigenvalue weighted by atomic mass is 35.5. The normalized spacial score (nSPS) is 14.2. The highest BCUT2D eigenvalue weighted by Crippen LogP contribution is 2.37. The van der Waals surface area contributed by atoms with E-state index in [1.165, 1.54) is 16.9 Å². The van der Waals surface area contributed by atoms with Crippen LogP contribution in [0, 0.1) is 0 Å². The number of nitrogens with one attached hydrogen (secondary N) is 1. The lowest BCUT2D eigenvalue weighted by atomic mass is 10.0. The Bertz CT molecular complexity index is 761. The fourth-order valence-corrected chi connectivity index (χ4v) is 4.27. The van der Waals surface area contributed by atoms with Crippen molar-refractivity contribution in [1.29, 1.82) is 0 Å². The van der Waals surface area contributed by atoms with E-state index in [9.17, 15) is 14.7 Å². The number of halogens is 1. The number of aromatic carboxylic acids is 1. The summed E-state index contributed by atoms with van der Waals surface area (Å²) in [5.41, 5.74) is 2.28. The molecule has 0 bridgehead atoms. The third kappa shape index (κ3) is 3.61. The molecule has 0 saturated carbocycles. The standard InChI is InChI=1S/C17H17ClN2O3S/c18-8-14(21)19-16-15(17(22)23)12-6-7-20(10-13(12)24-16)9-11-4-2-1-3-5-11/h1-5H,6-10H2,(H,19,21)(H,22,23). The number of carbonyl (C=O) groups excluding carboxylic acids is 1. The molecule has 7 heteroatoms. The third-order valence-electron chi connectivity index (χ3n) is 3.97. The van der Waals surface area contributed by atoms with Crippen LogP contribution in [-0.2, 0) is 24.3 Å². The predicted octanol–water partition coefficient (Wildman–Crippen LogP) is 3.18. The van der Waals surface area contributed by atoms with Gasteiger partial charge in [-0.25, -0.2) is 4.79 Å². The molecule has 0 atom stereocenters. The first kappa shape index (κ1) is 17.0. The molecule has 5 nitrogen and oxygen atoms in total. The van der Waals surface area contributed by atoms with Gasteiger partial charge in [0.25, 0.3) is 0 Å². The minimum absolute atomic E-state index is 0.193. The van der Waals surface area contributed by atoms with Crippen molar-refractivity contribution in [3.63, 3.8) is 0 Å². The summed E-state index contributed by atoms with van der Waals surface area (Å²) >= 11 is 6.85. The molecule has 0 spiro atoms. The zero-order valence-corrected chi connectivity index (χ0v) is 14.5. The zero-order valence-electron chi connectivity index (χ0n) is 12.9. The maximum absolute atomic E-state index is 11.6. The molecule has 1 aromatic heterocycles. The van der Waals surface area contributed by atoms with Gasteiger partial charge in [0.1, 0.15) is 10.9 Å². The van der Waals surface area contributed by atoms with Crippen LogP contribution < -0.4 is 5.32 Å². The molecule has 1 aromatic carbocycles. The van der Waals surface area contributed by atoms with Gasteiger partial charge in [-0.2, -0.15) is 0 Å². The quantitative estimate of drug-likeness (QED) is 0.799. The van der Waals surface area contributed by atoms with E-state index in [1.54, 1.807) is 0 Å². The molecule has 0 aliphatic carbocycles. The van der Waals surface area contributed by atoms with Crippen molar-refractivity contribution in [3.05, 3.63) is 51.9 Å². The monoisotopic (exact) mass is 364 g/mol. The van der Waals surface area contributed by atoms with Gasteiger partial charge >= 0.3 is 5.97 Å². The van der Waals surface area contributed by atoms with Crippen molar-refractivity contribution in [3.8, 4) is 0 Å². The Labute approximate surface area is 148 Å². The maximum Gasteiger partial charge on any atom is 0.339 e. The van der Waals surface area contributed by atoms with E-state index >= 15 is 0 Å². The zero-order chi connectivity index (χ0) is 17.1. The number of alkyl halides is 1. The summed E-state index contributed by atoms with van der Waals surface area (Å²) < 4.78 is 0. The van der Waals surface area contributed by atoms with Gasteiger partial charge in [0.2, 0.25) is 5.91 Å². The summed E-state index contributed by atoms with van der Waals surface area (Å²) in [6, 6.07) is 10.2. The summed E-state index contributed by atoms with van der Waals surface area (Å²) in [6.45, 7) is 2.30. The summed E-state index contributed by atoms with van der Waals surface area (Å²) in [5.74, 6) is -1.59. The number of thiophene rings is 1. The molecule has 1 aliphatic rings. The van der Waals surface area contributed by atoms with E-state index in [0.717, 1.165) is 23.5 Å². The SMILES string of the molecule is O=C(CCl)Nc1sc2c(c1C(=O)O)CCN(Cc1ccccc1)C2. The van der Waals surface area contributed by atoms with Gasteiger partial charge in [0.15, 0.2) is 0 Å². The molecular formula is C17H17ClN2O3S. The highest BCUT2D eigenvalue weighted by molar-refractivity contribution is 7.17. The number of nitrogens with zero attached hydrogens (tertiary/aromatic N) is 1. The second-order valence-corrected chi connectivity index (χ2v) is 7.01. The lowest BCUT2D eigenvalue weighted by Gasteiger charge is -2.26. The molecular weight excluding hydrogens is 348 g/mol. The van der Waals surface area contributed by atoms with Crippen molar-refractivity contribution in [2.24, 2.45) is 0 Å². The average Bonchev–Trinajstić information content (AvgIpc) is 2.92. The molecule has 3 rings (SSSR count). The Morgan fingerprint density at radius 1 is 1.29 bits per heavy atom. The van der Waals surface area contributed by atoms with E-state index in [2.05, 4.69) is 22.3 Å². The van der Waals surface area contributed by atoms with Crippen LogP contribution in [0.5, 0.6) is 0 Å². The van der Waals surface area contributed by atoms with Crippen LogP contribution in [0.25, 0.3) is 0 Å². The fraction of sp³-hybridized carbons (Fsp3) is 0.294. The number of carboxylic acids is 1. The molecule has 2 N–H and O–H groups in total. The van der Waals surface area contributed by atoms with Crippen LogP contribution in [0.3, 0.4) is 0 Å². The molecule has 0 saturated heterocycles. The first-order chi connectivity index (χ1) is 11.6. The van der Waals surface area contributed by atoms with Crippen molar-refractivity contribution in [2.45, 2.75) is 19.5 Å². The van der Waals surface area contributed by atoms with Gasteiger partial charge in [-0.1, -0.05) is 30.3 Å². The molecule has 126 valence electrons. The number of benzene rings is 1. The second kappa shape index (κ2) is 7.34. The second-order valence-electron chi connectivity index (χ2n) is 5.64. The molecule has 24 heavy (non-hydrogen) atoms. The van der Waals surface area contributed by atoms with Crippen molar-refractivity contribution < 1.29 is 14.7 Å². The largest absolute Gasteiger partial charge is 0.478 e. The first-order valence-corrected chi connectivity index (χ1v) is 8.93. The van der Waals surface area contributed by atoms with Crippen LogP contribution in [0.15, 0.2) is 30.3 Å². The Kier molecular flexibility index (Phi) is 5.18. The fourth-order valence-electron chi connectivity index (χ4n) is 2.91. The number of fused-ring (bicyclic) bond motifs is 1. The number of rotatable bonds is 5. The van der Waals surface area contributed by atoms with Gasteiger partial charge in [-0.3, -0.25) is 9.69 Å². The minimum Gasteiger partial charge on any atom is -0.478 e. The third-order valence-corrected chi connectivity index (χ3v) is 5.35. The molecule has 1 amide bonds. The molecule has 0 fully saturated rings. The van der Waals surface area contributed by atoms with Crippen molar-refractivity contribution in [2.75, 3.05) is 17.7 Å². The van der Waals surface area contributed by atoms with E-state index in [-0.39, 0.29) is 17.4 Å². The molecule has 0 unspecified atom stereocenters. The first-order valence-electron chi connectivity index (χ1n) is 7.58. The van der Waals surface area contributed by atoms with Crippen LogP contribution >= 0.6 is 22.9 Å². The van der Waals surface area contributed by atoms with E-state index in [4.69, 9.17) is 11.6 Å². The summed E-state index contributed by atoms with van der Waals surface area (Å²) in [5, 5.41) is 12.5. The van der Waals surface area contributed by atoms with Crippen molar-refractivity contribution >= 4 is 39.8 Å². The summed E-state index contributed by atoms with van der Waals surface area (Å²) in [7, 11) is 0. The maximum atomic E-state index is 11.6. The molecule has 0 radical (unpaired) electrons. The Balaban J connectivity index is 1.82. The lowest BCUT2D eigenvalue weighted by Crippen LogP contribution is -2.29. The lowest BCUT2D eigenvalue weighted by molar-refractivity contribution is -0.113. The number of anilines is 1. The molecule has 1 aliphatic heterocycles. The topological polar surface area (TPSA) is 69.6 Å².